The molecule has 4 aliphatic carbocycles. The first-order chi connectivity index (χ1) is 36.4. The number of hydrogen-bond donors (Lipinski definition) is 0. The van der Waals surface area contributed by atoms with E-state index in [0.29, 0.717) is 23.7 Å². The molecule has 1 heterocycles. The van der Waals surface area contributed by atoms with Crippen LogP contribution >= 0.6 is 0 Å². The SMILES string of the molecule is C=C.CC.CCCC.CCCC(c1cc(-c2ccccc2)cc(C2C=CC=CC2)c1)[C@@H](CC)C(C)c1ccc2c(c1)C(c1ccccc1)(c1ccccc1)C1=CCCC=C12.Cc1ccc2c3c(oc2c1)CCC=C3. The van der Waals surface area contributed by atoms with Crippen LogP contribution in [0.5, 0.6) is 0 Å². The molecule has 0 bridgehead atoms. The summed E-state index contributed by atoms with van der Waals surface area (Å²) in [5.74, 6) is 2.92. The maximum atomic E-state index is 5.82. The van der Waals surface area contributed by atoms with Crippen LogP contribution in [-0.4, -0.2) is 0 Å². The standard InChI is InChI=1S/C52H52.C13H12O.C4H10.C2H6.C2H4/c1-4-20-47(43-34-41(38-21-10-6-11-22-38)33-42(35-43)39-23-12-7-13-24-39)46(5-2)37(3)40-31-32-49-48-29-18-19-30-50(48)52(51(49)36-40,44-25-14-8-15-26-44)45-27-16-9-17-28-45;1-9-6-7-11-10-4-2-3-5-12(10)14-13(11)8-9;1-3-4-2;2*1-2/h6-17,21-23,25-37,39,46-47H,4-5,18-20,24H2,1-3H3;2,4,6-8H,3,5H2,1H3;3-4H2,1-2H3;1-2H3;1-2H2/t37?,39?,46-,47?;;;;/m0..../s1. The predicted octanol–water partition coefficient (Wildman–Crippen LogP) is 21.5. The smallest absolute Gasteiger partial charge is 0.135 e. The van der Waals surface area contributed by atoms with Crippen LogP contribution in [0.2, 0.25) is 0 Å². The Bertz CT molecular complexity index is 2980. The van der Waals surface area contributed by atoms with Crippen LogP contribution in [0.3, 0.4) is 0 Å². The fourth-order valence-electron chi connectivity index (χ4n) is 11.9. The minimum atomic E-state index is -0.328. The van der Waals surface area contributed by atoms with Gasteiger partial charge < -0.3 is 4.42 Å². The molecule has 1 heteroatoms. The van der Waals surface area contributed by atoms with Crippen LogP contribution in [0, 0.1) is 12.8 Å². The molecule has 6 aromatic carbocycles. The first-order valence-electron chi connectivity index (χ1n) is 28.3. The number of rotatable bonds is 12. The largest absolute Gasteiger partial charge is 0.460 e. The minimum absolute atomic E-state index is 0.328. The van der Waals surface area contributed by atoms with Crippen molar-refractivity contribution in [2.24, 2.45) is 5.92 Å². The quantitative estimate of drug-likeness (QED) is 0.111. The lowest BCUT2D eigenvalue weighted by Gasteiger charge is -2.36. The Labute approximate surface area is 447 Å². The molecule has 0 aliphatic heterocycles. The van der Waals surface area contributed by atoms with E-state index < -0.39 is 0 Å². The molecule has 0 saturated heterocycles. The molecule has 1 nitrogen and oxygen atoms in total. The van der Waals surface area contributed by atoms with Gasteiger partial charge in [-0.2, -0.15) is 0 Å². The summed E-state index contributed by atoms with van der Waals surface area (Å²) >= 11 is 0. The van der Waals surface area contributed by atoms with Gasteiger partial charge in [-0.15, -0.1) is 13.2 Å². The lowest BCUT2D eigenvalue weighted by Crippen LogP contribution is -2.29. The van der Waals surface area contributed by atoms with Gasteiger partial charge in [-0.1, -0.05) is 262 Å². The summed E-state index contributed by atoms with van der Waals surface area (Å²) < 4.78 is 5.82. The molecule has 4 atom stereocenters. The maximum Gasteiger partial charge on any atom is 0.135 e. The van der Waals surface area contributed by atoms with Gasteiger partial charge in [-0.25, -0.2) is 0 Å². The monoisotopic (exact) mass is 977 g/mol. The molecule has 0 radical (unpaired) electrons. The normalized spacial score (nSPS) is 16.6. The summed E-state index contributed by atoms with van der Waals surface area (Å²) in [5, 5.41) is 1.25. The van der Waals surface area contributed by atoms with Gasteiger partial charge >= 0.3 is 0 Å². The first-order valence-corrected chi connectivity index (χ1v) is 28.3. The Hall–Kier alpha value is -6.70. The van der Waals surface area contributed by atoms with E-state index in [2.05, 4.69) is 249 Å². The Balaban J connectivity index is 0.000000302. The van der Waals surface area contributed by atoms with Gasteiger partial charge in [0.15, 0.2) is 0 Å². The molecule has 3 unspecified atom stereocenters. The van der Waals surface area contributed by atoms with Crippen LogP contribution in [0.15, 0.2) is 211 Å². The lowest BCUT2D eigenvalue weighted by atomic mass is 9.66. The highest BCUT2D eigenvalue weighted by atomic mass is 16.3. The summed E-state index contributed by atoms with van der Waals surface area (Å²) in [6.45, 7) is 23.8. The van der Waals surface area contributed by atoms with Crippen molar-refractivity contribution in [1.29, 1.82) is 0 Å². The number of hydrogen-bond acceptors (Lipinski definition) is 1. The molecule has 0 spiro atoms. The van der Waals surface area contributed by atoms with Crippen molar-refractivity contribution in [2.75, 3.05) is 0 Å². The van der Waals surface area contributed by atoms with Crippen molar-refractivity contribution in [3.05, 3.63) is 263 Å². The first kappa shape index (κ1) is 55.1. The van der Waals surface area contributed by atoms with E-state index >= 15 is 0 Å². The van der Waals surface area contributed by atoms with E-state index in [1.54, 1.807) is 0 Å². The third-order valence-corrected chi connectivity index (χ3v) is 15.7. The van der Waals surface area contributed by atoms with Crippen molar-refractivity contribution in [1.82, 2.24) is 0 Å². The fraction of sp³-hybridized carbons (Fsp3) is 0.315. The third-order valence-electron chi connectivity index (χ3n) is 15.7. The average molecular weight is 977 g/mol. The molecule has 0 fully saturated rings. The van der Waals surface area contributed by atoms with Crippen LogP contribution in [0.25, 0.3) is 33.7 Å². The summed E-state index contributed by atoms with van der Waals surface area (Å²) in [7, 11) is 0. The van der Waals surface area contributed by atoms with Gasteiger partial charge in [0.25, 0.3) is 0 Å². The highest BCUT2D eigenvalue weighted by Gasteiger charge is 2.48. The molecule has 4 aliphatic rings. The Morgan fingerprint density at radius 1 is 0.649 bits per heavy atom. The molecule has 0 N–H and O–H groups in total. The highest BCUT2D eigenvalue weighted by molar-refractivity contribution is 5.95. The number of unbranched alkanes of at least 4 members (excludes halogenated alkanes) is 1. The molecule has 0 amide bonds. The molecule has 0 saturated carbocycles. The van der Waals surface area contributed by atoms with Gasteiger partial charge in [0.1, 0.15) is 11.3 Å². The van der Waals surface area contributed by atoms with Gasteiger partial charge in [-0.3, -0.25) is 0 Å². The summed E-state index contributed by atoms with van der Waals surface area (Å²) in [4.78, 5) is 0. The topological polar surface area (TPSA) is 13.1 Å². The van der Waals surface area contributed by atoms with Crippen molar-refractivity contribution in [3.63, 3.8) is 0 Å². The molecule has 1 aromatic heterocycles. The zero-order valence-electron chi connectivity index (χ0n) is 46.2. The molecule has 11 rings (SSSR count). The lowest BCUT2D eigenvalue weighted by molar-refractivity contribution is 0.336. The summed E-state index contributed by atoms with van der Waals surface area (Å²) in [6, 6.07) is 55.1. The Morgan fingerprint density at radius 3 is 1.96 bits per heavy atom. The minimum Gasteiger partial charge on any atom is -0.460 e. The second-order valence-corrected chi connectivity index (χ2v) is 20.1. The second-order valence-electron chi connectivity index (χ2n) is 20.1. The van der Waals surface area contributed by atoms with E-state index in [4.69, 9.17) is 4.42 Å². The highest BCUT2D eigenvalue weighted by Crippen LogP contribution is 2.59. The van der Waals surface area contributed by atoms with Gasteiger partial charge in [0.2, 0.25) is 0 Å². The number of benzene rings is 6. The number of aryl methyl sites for hydroxylation is 2. The van der Waals surface area contributed by atoms with Crippen LogP contribution in [-0.2, 0) is 11.8 Å². The maximum absolute atomic E-state index is 5.82. The number of fused-ring (bicyclic) bond motifs is 6. The van der Waals surface area contributed by atoms with Crippen LogP contribution in [0.1, 0.15) is 180 Å². The fourth-order valence-corrected chi connectivity index (χ4v) is 11.9. The summed E-state index contributed by atoms with van der Waals surface area (Å²) in [5.41, 5.74) is 18.8. The second kappa shape index (κ2) is 27.0. The zero-order valence-corrected chi connectivity index (χ0v) is 46.2. The van der Waals surface area contributed by atoms with E-state index in [1.165, 1.54) is 103 Å². The number of furan rings is 1. The Morgan fingerprint density at radius 2 is 1.32 bits per heavy atom. The van der Waals surface area contributed by atoms with Crippen LogP contribution < -0.4 is 0 Å². The van der Waals surface area contributed by atoms with Crippen molar-refractivity contribution in [2.45, 2.75) is 143 Å². The summed E-state index contributed by atoms with van der Waals surface area (Å²) in [6.07, 6.45) is 30.1. The van der Waals surface area contributed by atoms with Crippen molar-refractivity contribution >= 4 is 22.6 Å². The molecular formula is C73H84O. The van der Waals surface area contributed by atoms with Gasteiger partial charge in [-0.05, 0) is 130 Å². The molecule has 382 valence electrons. The molecular weight excluding hydrogens is 893 g/mol. The van der Waals surface area contributed by atoms with Crippen molar-refractivity contribution in [3.8, 4) is 11.1 Å². The van der Waals surface area contributed by atoms with Crippen molar-refractivity contribution < 1.29 is 4.42 Å². The van der Waals surface area contributed by atoms with E-state index in [1.807, 2.05) is 13.8 Å². The van der Waals surface area contributed by atoms with Gasteiger partial charge in [0, 0.05) is 23.3 Å². The zero-order chi connectivity index (χ0) is 52.5. The van der Waals surface area contributed by atoms with Gasteiger partial charge in [0.05, 0.1) is 5.41 Å². The third kappa shape index (κ3) is 11.8. The molecule has 74 heavy (non-hydrogen) atoms. The van der Waals surface area contributed by atoms with E-state index in [-0.39, 0.29) is 5.41 Å². The van der Waals surface area contributed by atoms with E-state index in [0.717, 1.165) is 49.9 Å². The predicted molar refractivity (Wildman–Crippen MR) is 323 cm³/mol. The van der Waals surface area contributed by atoms with Crippen LogP contribution in [0.4, 0.5) is 0 Å². The number of allylic oxidation sites excluding steroid dienone is 9. The molecule has 7 aromatic rings. The average Bonchev–Trinajstić information content (AvgIpc) is 4.02. The Kier molecular flexibility index (Phi) is 20.1. The van der Waals surface area contributed by atoms with E-state index in [9.17, 15) is 0 Å².